The highest BCUT2D eigenvalue weighted by atomic mass is 16.6. The number of nitrogens with zero attached hydrogens (tertiary/aromatic N) is 1. The van der Waals surface area contributed by atoms with Gasteiger partial charge in [-0.25, -0.2) is 0 Å². The fraction of sp³-hybridized carbons (Fsp3) is 0.385. The van der Waals surface area contributed by atoms with Crippen molar-refractivity contribution in [1.82, 2.24) is 0 Å². The molecule has 0 amide bonds. The molecule has 0 radical (unpaired) electrons. The molecule has 0 spiro atoms. The normalized spacial score (nSPS) is 32.3. The van der Waals surface area contributed by atoms with E-state index in [0.717, 1.165) is 5.56 Å². The van der Waals surface area contributed by atoms with Crippen LogP contribution in [0.25, 0.3) is 0 Å². The molecule has 4 heteroatoms. The zero-order valence-corrected chi connectivity index (χ0v) is 9.70. The van der Waals surface area contributed by atoms with Crippen LogP contribution in [0.15, 0.2) is 43.0 Å². The maximum Gasteiger partial charge on any atom is 0.253 e. The van der Waals surface area contributed by atoms with Crippen molar-refractivity contribution in [3.8, 4) is 0 Å². The molecule has 0 bridgehead atoms. The van der Waals surface area contributed by atoms with Gasteiger partial charge in [0.1, 0.15) is 0 Å². The molecule has 1 aliphatic heterocycles. The molecule has 0 saturated carbocycles. The maximum atomic E-state index is 11.2. The highest BCUT2D eigenvalue weighted by Crippen LogP contribution is 2.43. The second-order valence-corrected chi connectivity index (χ2v) is 4.58. The summed E-state index contributed by atoms with van der Waals surface area (Å²) in [4.78, 5) is 11.0. The third-order valence-corrected chi connectivity index (χ3v) is 3.36. The Morgan fingerprint density at radius 2 is 2.18 bits per heavy atom. The molecule has 90 valence electrons. The second kappa shape index (κ2) is 4.30. The SMILES string of the molecule is C=C[C@@]1(C)CO[C@H](c2ccccc2)[C@H]1[N+](=O)[O-]. The molecule has 1 saturated heterocycles. The van der Waals surface area contributed by atoms with Crippen LogP contribution in [-0.4, -0.2) is 17.6 Å². The summed E-state index contributed by atoms with van der Waals surface area (Å²) in [7, 11) is 0. The first-order valence-corrected chi connectivity index (χ1v) is 5.52. The summed E-state index contributed by atoms with van der Waals surface area (Å²) < 4.78 is 5.61. The molecule has 1 aromatic carbocycles. The number of benzene rings is 1. The zero-order chi connectivity index (χ0) is 12.5. The molecule has 0 aromatic heterocycles. The molecule has 1 heterocycles. The Morgan fingerprint density at radius 1 is 1.53 bits per heavy atom. The van der Waals surface area contributed by atoms with Crippen molar-refractivity contribution in [1.29, 1.82) is 0 Å². The van der Waals surface area contributed by atoms with Gasteiger partial charge in [-0.3, -0.25) is 10.1 Å². The van der Waals surface area contributed by atoms with Gasteiger partial charge in [0.15, 0.2) is 6.10 Å². The molecule has 17 heavy (non-hydrogen) atoms. The van der Waals surface area contributed by atoms with Gasteiger partial charge in [-0.15, -0.1) is 6.58 Å². The fourth-order valence-electron chi connectivity index (χ4n) is 2.24. The zero-order valence-electron chi connectivity index (χ0n) is 9.70. The quantitative estimate of drug-likeness (QED) is 0.458. The Labute approximate surface area is 100 Å². The molecular formula is C13H15NO3. The lowest BCUT2D eigenvalue weighted by atomic mass is 9.81. The van der Waals surface area contributed by atoms with Crippen LogP contribution in [0.5, 0.6) is 0 Å². The van der Waals surface area contributed by atoms with Gasteiger partial charge in [0.2, 0.25) is 0 Å². The number of ether oxygens (including phenoxy) is 1. The standard InChI is InChI=1S/C13H15NO3/c1-3-13(2)9-17-11(12(13)14(15)16)10-7-5-4-6-8-10/h3-8,11-12H,1,9H2,2H3/t11-,12-,13+/m1/s1. The first-order chi connectivity index (χ1) is 8.08. The van der Waals surface area contributed by atoms with Crippen LogP contribution in [0.2, 0.25) is 0 Å². The first-order valence-electron chi connectivity index (χ1n) is 5.52. The van der Waals surface area contributed by atoms with E-state index in [2.05, 4.69) is 6.58 Å². The smallest absolute Gasteiger partial charge is 0.253 e. The minimum Gasteiger partial charge on any atom is -0.365 e. The third kappa shape index (κ3) is 1.96. The van der Waals surface area contributed by atoms with Crippen LogP contribution in [0, 0.1) is 15.5 Å². The summed E-state index contributed by atoms with van der Waals surface area (Å²) in [6.45, 7) is 5.84. The summed E-state index contributed by atoms with van der Waals surface area (Å²) >= 11 is 0. The molecule has 0 unspecified atom stereocenters. The molecule has 0 N–H and O–H groups in total. The van der Waals surface area contributed by atoms with Crippen molar-refractivity contribution < 1.29 is 9.66 Å². The summed E-state index contributed by atoms with van der Waals surface area (Å²) in [5.41, 5.74) is 0.240. The summed E-state index contributed by atoms with van der Waals surface area (Å²) in [6, 6.07) is 8.54. The Bertz CT molecular complexity index is 432. The second-order valence-electron chi connectivity index (χ2n) is 4.58. The Kier molecular flexibility index (Phi) is 2.98. The minimum atomic E-state index is -0.776. The number of nitro groups is 1. The topological polar surface area (TPSA) is 52.4 Å². The highest BCUT2D eigenvalue weighted by Gasteiger charge is 2.53. The van der Waals surface area contributed by atoms with E-state index in [1.807, 2.05) is 37.3 Å². The number of hydrogen-bond acceptors (Lipinski definition) is 3. The van der Waals surface area contributed by atoms with Gasteiger partial charge in [-0.1, -0.05) is 36.4 Å². The van der Waals surface area contributed by atoms with Crippen molar-refractivity contribution in [2.75, 3.05) is 6.61 Å². The summed E-state index contributed by atoms with van der Waals surface area (Å²) in [5.74, 6) is 0. The molecule has 2 rings (SSSR count). The van der Waals surface area contributed by atoms with Crippen LogP contribution in [0.4, 0.5) is 0 Å². The Balaban J connectivity index is 2.37. The van der Waals surface area contributed by atoms with Crippen molar-refractivity contribution in [2.24, 2.45) is 5.41 Å². The van der Waals surface area contributed by atoms with Crippen molar-refractivity contribution in [3.63, 3.8) is 0 Å². The summed E-state index contributed by atoms with van der Waals surface area (Å²) in [5, 5.41) is 11.2. The maximum absolute atomic E-state index is 11.2. The lowest BCUT2D eigenvalue weighted by Crippen LogP contribution is -2.36. The van der Waals surface area contributed by atoms with Crippen LogP contribution < -0.4 is 0 Å². The van der Waals surface area contributed by atoms with Gasteiger partial charge in [0, 0.05) is 4.92 Å². The lowest BCUT2D eigenvalue weighted by Gasteiger charge is -2.21. The van der Waals surface area contributed by atoms with E-state index in [0.29, 0.717) is 6.61 Å². The Morgan fingerprint density at radius 3 is 2.71 bits per heavy atom. The number of rotatable bonds is 3. The fourth-order valence-corrected chi connectivity index (χ4v) is 2.24. The predicted molar refractivity (Wildman–Crippen MR) is 64.2 cm³/mol. The van der Waals surface area contributed by atoms with Crippen LogP contribution in [0.1, 0.15) is 18.6 Å². The molecule has 1 fully saturated rings. The van der Waals surface area contributed by atoms with Crippen molar-refractivity contribution >= 4 is 0 Å². The minimum absolute atomic E-state index is 0.258. The molecule has 4 nitrogen and oxygen atoms in total. The highest BCUT2D eigenvalue weighted by molar-refractivity contribution is 5.22. The third-order valence-electron chi connectivity index (χ3n) is 3.36. The van der Waals surface area contributed by atoms with E-state index in [1.54, 1.807) is 6.08 Å². The van der Waals surface area contributed by atoms with Crippen LogP contribution in [0.3, 0.4) is 0 Å². The van der Waals surface area contributed by atoms with E-state index in [4.69, 9.17) is 4.74 Å². The lowest BCUT2D eigenvalue weighted by molar-refractivity contribution is -0.540. The van der Waals surface area contributed by atoms with Gasteiger partial charge in [0.25, 0.3) is 6.04 Å². The molecular weight excluding hydrogens is 218 g/mol. The van der Waals surface area contributed by atoms with Gasteiger partial charge in [0.05, 0.1) is 12.0 Å². The van der Waals surface area contributed by atoms with Crippen molar-refractivity contribution in [3.05, 3.63) is 58.7 Å². The van der Waals surface area contributed by atoms with E-state index >= 15 is 0 Å². The molecule has 3 atom stereocenters. The average molecular weight is 233 g/mol. The number of hydrogen-bond donors (Lipinski definition) is 0. The van der Waals surface area contributed by atoms with Gasteiger partial charge in [-0.05, 0) is 12.5 Å². The monoisotopic (exact) mass is 233 g/mol. The Hall–Kier alpha value is -1.68. The molecule has 1 aliphatic rings. The van der Waals surface area contributed by atoms with Gasteiger partial charge >= 0.3 is 0 Å². The first kappa shape index (κ1) is 11.8. The van der Waals surface area contributed by atoms with Crippen molar-refractivity contribution in [2.45, 2.75) is 19.1 Å². The van der Waals surface area contributed by atoms with E-state index < -0.39 is 17.6 Å². The molecule has 1 aromatic rings. The summed E-state index contributed by atoms with van der Waals surface area (Å²) in [6.07, 6.45) is 1.14. The molecule has 0 aliphatic carbocycles. The van der Waals surface area contributed by atoms with Crippen LogP contribution >= 0.6 is 0 Å². The predicted octanol–water partition coefficient (Wildman–Crippen LogP) is 2.60. The van der Waals surface area contributed by atoms with Gasteiger partial charge < -0.3 is 4.74 Å². The largest absolute Gasteiger partial charge is 0.365 e. The van der Waals surface area contributed by atoms with E-state index in [1.165, 1.54) is 0 Å². The average Bonchev–Trinajstić information content (AvgIpc) is 2.69. The van der Waals surface area contributed by atoms with E-state index in [9.17, 15) is 10.1 Å². The van der Waals surface area contributed by atoms with E-state index in [-0.39, 0.29) is 4.92 Å². The van der Waals surface area contributed by atoms with Crippen LogP contribution in [-0.2, 0) is 4.74 Å². The van der Waals surface area contributed by atoms with Gasteiger partial charge in [-0.2, -0.15) is 0 Å².